The number of carbonyl (C=O) groups is 1. The smallest absolute Gasteiger partial charge is 0.311 e. The van der Waals surface area contributed by atoms with Crippen molar-refractivity contribution >= 4 is 17.0 Å². The summed E-state index contributed by atoms with van der Waals surface area (Å²) in [4.78, 5) is 16.0. The van der Waals surface area contributed by atoms with Gasteiger partial charge in [0.2, 0.25) is 0 Å². The molecule has 0 amide bonds. The Morgan fingerprint density at radius 3 is 2.78 bits per heavy atom. The van der Waals surface area contributed by atoms with Crippen LogP contribution < -0.4 is 4.74 Å². The zero-order valence-electron chi connectivity index (χ0n) is 11.2. The Morgan fingerprint density at radius 1 is 1.39 bits per heavy atom. The third-order valence-corrected chi connectivity index (χ3v) is 2.60. The minimum absolute atomic E-state index is 0.0633. The standard InChI is InChI=1S/C14H18N2O2/c1-14(2,3)8-13(17)18-10-5-6-12-11(7-10)15-9-16(12)4/h5-7,9H,8H2,1-4H3. The molecule has 0 saturated carbocycles. The molecule has 0 aliphatic heterocycles. The van der Waals surface area contributed by atoms with Gasteiger partial charge in [0.1, 0.15) is 5.75 Å². The molecule has 0 unspecified atom stereocenters. The van der Waals surface area contributed by atoms with E-state index in [0.717, 1.165) is 11.0 Å². The molecule has 0 atom stereocenters. The highest BCUT2D eigenvalue weighted by Gasteiger charge is 2.17. The summed E-state index contributed by atoms with van der Waals surface area (Å²) in [6.45, 7) is 6.03. The largest absolute Gasteiger partial charge is 0.426 e. The molecule has 2 aromatic rings. The fourth-order valence-corrected chi connectivity index (χ4v) is 1.78. The van der Waals surface area contributed by atoms with Crippen molar-refractivity contribution in [1.29, 1.82) is 0 Å². The first-order valence-electron chi connectivity index (χ1n) is 5.97. The molecule has 4 heteroatoms. The highest BCUT2D eigenvalue weighted by atomic mass is 16.5. The Labute approximate surface area is 107 Å². The van der Waals surface area contributed by atoms with Crippen molar-refractivity contribution in [2.75, 3.05) is 0 Å². The van der Waals surface area contributed by atoms with E-state index < -0.39 is 0 Å². The summed E-state index contributed by atoms with van der Waals surface area (Å²) in [7, 11) is 1.93. The molecule has 96 valence electrons. The Hall–Kier alpha value is -1.84. The molecule has 1 aromatic heterocycles. The number of rotatable bonds is 2. The second kappa shape index (κ2) is 4.44. The number of ether oxygens (including phenoxy) is 1. The van der Waals surface area contributed by atoms with E-state index in [9.17, 15) is 4.79 Å². The van der Waals surface area contributed by atoms with Crippen LogP contribution >= 0.6 is 0 Å². The van der Waals surface area contributed by atoms with Gasteiger partial charge in [0.05, 0.1) is 23.8 Å². The fraction of sp³-hybridized carbons (Fsp3) is 0.429. The summed E-state index contributed by atoms with van der Waals surface area (Å²) >= 11 is 0. The van der Waals surface area contributed by atoms with Crippen LogP contribution in [0.1, 0.15) is 27.2 Å². The van der Waals surface area contributed by atoms with Crippen molar-refractivity contribution in [1.82, 2.24) is 9.55 Å². The Balaban J connectivity index is 2.15. The minimum Gasteiger partial charge on any atom is -0.426 e. The first-order chi connectivity index (χ1) is 8.35. The van der Waals surface area contributed by atoms with Crippen molar-refractivity contribution in [2.45, 2.75) is 27.2 Å². The molecular weight excluding hydrogens is 228 g/mol. The van der Waals surface area contributed by atoms with Crippen LogP contribution in [0.5, 0.6) is 5.75 Å². The first-order valence-corrected chi connectivity index (χ1v) is 5.97. The second-order valence-electron chi connectivity index (χ2n) is 5.72. The molecule has 2 rings (SSSR count). The summed E-state index contributed by atoms with van der Waals surface area (Å²) in [6.07, 6.45) is 2.14. The summed E-state index contributed by atoms with van der Waals surface area (Å²) in [5.41, 5.74) is 1.79. The normalized spacial score (nSPS) is 11.8. The van der Waals surface area contributed by atoms with Crippen LogP contribution in [0.4, 0.5) is 0 Å². The van der Waals surface area contributed by atoms with Crippen LogP contribution in [0, 0.1) is 5.41 Å². The van der Waals surface area contributed by atoms with Crippen molar-refractivity contribution in [2.24, 2.45) is 12.5 Å². The van der Waals surface area contributed by atoms with E-state index in [4.69, 9.17) is 4.74 Å². The lowest BCUT2D eigenvalue weighted by Gasteiger charge is -2.16. The van der Waals surface area contributed by atoms with Gasteiger partial charge in [0, 0.05) is 13.1 Å². The van der Waals surface area contributed by atoms with Crippen LogP contribution in [0.2, 0.25) is 0 Å². The Morgan fingerprint density at radius 2 is 2.11 bits per heavy atom. The summed E-state index contributed by atoms with van der Waals surface area (Å²) in [5.74, 6) is 0.341. The van der Waals surface area contributed by atoms with Crippen molar-refractivity contribution in [3.05, 3.63) is 24.5 Å². The average molecular weight is 246 g/mol. The fourth-order valence-electron chi connectivity index (χ4n) is 1.78. The number of fused-ring (bicyclic) bond motifs is 1. The van der Waals surface area contributed by atoms with Gasteiger partial charge in [0.15, 0.2) is 0 Å². The number of hydrogen-bond donors (Lipinski definition) is 0. The maximum atomic E-state index is 11.7. The van der Waals surface area contributed by atoms with Crippen LogP contribution in [0.15, 0.2) is 24.5 Å². The summed E-state index contributed by atoms with van der Waals surface area (Å²) in [6, 6.07) is 5.49. The Kier molecular flexibility index (Phi) is 3.11. The lowest BCUT2D eigenvalue weighted by atomic mass is 9.92. The number of aryl methyl sites for hydroxylation is 1. The third-order valence-electron chi connectivity index (χ3n) is 2.60. The molecular formula is C14H18N2O2. The van der Waals surface area contributed by atoms with Crippen LogP contribution in [0.3, 0.4) is 0 Å². The molecule has 1 aromatic carbocycles. The van der Waals surface area contributed by atoms with Crippen molar-refractivity contribution in [3.8, 4) is 5.75 Å². The van der Waals surface area contributed by atoms with Gasteiger partial charge in [-0.25, -0.2) is 4.98 Å². The van der Waals surface area contributed by atoms with Crippen LogP contribution in [0.25, 0.3) is 11.0 Å². The first kappa shape index (κ1) is 12.6. The van der Waals surface area contributed by atoms with Gasteiger partial charge in [-0.05, 0) is 17.5 Å². The topological polar surface area (TPSA) is 44.1 Å². The summed E-state index contributed by atoms with van der Waals surface area (Å²) < 4.78 is 7.25. The van der Waals surface area contributed by atoms with E-state index in [2.05, 4.69) is 4.98 Å². The van der Waals surface area contributed by atoms with Gasteiger partial charge < -0.3 is 9.30 Å². The van der Waals surface area contributed by atoms with E-state index in [1.165, 1.54) is 0 Å². The number of hydrogen-bond acceptors (Lipinski definition) is 3. The molecule has 0 aliphatic rings. The predicted molar refractivity (Wildman–Crippen MR) is 70.4 cm³/mol. The number of esters is 1. The zero-order valence-corrected chi connectivity index (χ0v) is 11.2. The Bertz CT molecular complexity index is 579. The quantitative estimate of drug-likeness (QED) is 0.604. The maximum absolute atomic E-state index is 11.7. The molecule has 0 saturated heterocycles. The number of carbonyl (C=O) groups excluding carboxylic acids is 1. The van der Waals surface area contributed by atoms with Gasteiger partial charge in [0.25, 0.3) is 0 Å². The maximum Gasteiger partial charge on any atom is 0.311 e. The molecule has 0 bridgehead atoms. The van der Waals surface area contributed by atoms with Gasteiger partial charge in [-0.2, -0.15) is 0 Å². The molecule has 0 fully saturated rings. The number of aromatic nitrogens is 2. The number of imidazole rings is 1. The number of benzene rings is 1. The van der Waals surface area contributed by atoms with E-state index in [1.807, 2.05) is 38.5 Å². The van der Waals surface area contributed by atoms with Crippen molar-refractivity contribution < 1.29 is 9.53 Å². The molecule has 18 heavy (non-hydrogen) atoms. The van der Waals surface area contributed by atoms with E-state index >= 15 is 0 Å². The second-order valence-corrected chi connectivity index (χ2v) is 5.72. The third kappa shape index (κ3) is 2.88. The molecule has 0 radical (unpaired) electrons. The molecule has 0 spiro atoms. The predicted octanol–water partition coefficient (Wildman–Crippen LogP) is 2.91. The van der Waals surface area contributed by atoms with E-state index in [-0.39, 0.29) is 11.4 Å². The zero-order chi connectivity index (χ0) is 13.3. The summed E-state index contributed by atoms with van der Waals surface area (Å²) in [5, 5.41) is 0. The monoisotopic (exact) mass is 246 g/mol. The van der Waals surface area contributed by atoms with E-state index in [0.29, 0.717) is 12.2 Å². The van der Waals surface area contributed by atoms with Gasteiger partial charge in [-0.1, -0.05) is 20.8 Å². The highest BCUT2D eigenvalue weighted by Crippen LogP contribution is 2.23. The molecule has 1 heterocycles. The van der Waals surface area contributed by atoms with Gasteiger partial charge >= 0.3 is 5.97 Å². The van der Waals surface area contributed by atoms with Crippen molar-refractivity contribution in [3.63, 3.8) is 0 Å². The van der Waals surface area contributed by atoms with E-state index in [1.54, 1.807) is 18.5 Å². The minimum atomic E-state index is -0.210. The SMILES string of the molecule is Cn1cnc2cc(OC(=O)CC(C)(C)C)ccc21. The van der Waals surface area contributed by atoms with Gasteiger partial charge in [-0.15, -0.1) is 0 Å². The molecule has 4 nitrogen and oxygen atoms in total. The average Bonchev–Trinajstić information content (AvgIpc) is 2.57. The van der Waals surface area contributed by atoms with Crippen LogP contribution in [-0.4, -0.2) is 15.5 Å². The highest BCUT2D eigenvalue weighted by molar-refractivity contribution is 5.79. The van der Waals surface area contributed by atoms with Gasteiger partial charge in [-0.3, -0.25) is 4.79 Å². The lowest BCUT2D eigenvalue weighted by Crippen LogP contribution is -2.17. The molecule has 0 aliphatic carbocycles. The number of nitrogens with zero attached hydrogens (tertiary/aromatic N) is 2. The lowest BCUT2D eigenvalue weighted by molar-refractivity contribution is -0.136. The molecule has 0 N–H and O–H groups in total. The van der Waals surface area contributed by atoms with Crippen LogP contribution in [-0.2, 0) is 11.8 Å².